The zero-order valence-corrected chi connectivity index (χ0v) is 10.7. The average molecular weight is 290 g/mol. The van der Waals surface area contributed by atoms with Gasteiger partial charge in [-0.2, -0.15) is 0 Å². The fourth-order valence-electron chi connectivity index (χ4n) is 0.598. The molecule has 90 valence electrons. The molecule has 0 aromatic heterocycles. The molecule has 0 spiro atoms. The van der Waals surface area contributed by atoms with Crippen LogP contribution in [0.25, 0.3) is 0 Å². The van der Waals surface area contributed by atoms with Gasteiger partial charge in [0.15, 0.2) is 0 Å². The number of hydrogen-bond acceptors (Lipinski definition) is 2. The Balaban J connectivity index is -0.0000000675. The highest BCUT2D eigenvalue weighted by Gasteiger charge is 1.96. The lowest BCUT2D eigenvalue weighted by molar-refractivity contribution is -0.119. The van der Waals surface area contributed by atoms with E-state index in [2.05, 4.69) is 0 Å². The van der Waals surface area contributed by atoms with Crippen LogP contribution in [-0.2, 0) is 9.59 Å². The van der Waals surface area contributed by atoms with Crippen molar-refractivity contribution < 1.29 is 9.59 Å². The van der Waals surface area contributed by atoms with E-state index >= 15 is 0 Å². The minimum absolute atomic E-state index is 0. The van der Waals surface area contributed by atoms with Gasteiger partial charge in [0, 0.05) is 12.8 Å². The van der Waals surface area contributed by atoms with Gasteiger partial charge in [-0.05, 0) is 12.8 Å². The first-order chi connectivity index (χ1) is 4.63. The summed E-state index contributed by atoms with van der Waals surface area (Å²) in [6.45, 7) is 0. The van der Waals surface area contributed by atoms with Crippen LogP contribution < -0.4 is 11.5 Å². The van der Waals surface area contributed by atoms with E-state index in [4.69, 9.17) is 11.5 Å². The first-order valence-electron chi connectivity index (χ1n) is 3.19. The monoisotopic (exact) mass is 288 g/mol. The van der Waals surface area contributed by atoms with Gasteiger partial charge >= 0.3 is 0 Å². The van der Waals surface area contributed by atoms with E-state index in [1.807, 2.05) is 0 Å². The minimum atomic E-state index is -0.329. The fourth-order valence-corrected chi connectivity index (χ4v) is 0.598. The van der Waals surface area contributed by atoms with Crippen molar-refractivity contribution in [2.75, 3.05) is 0 Å². The Morgan fingerprint density at radius 1 is 0.714 bits per heavy atom. The first kappa shape index (κ1) is 29.2. The summed E-state index contributed by atoms with van der Waals surface area (Å²) in [4.78, 5) is 20.3. The van der Waals surface area contributed by atoms with Gasteiger partial charge in [0.05, 0.1) is 0 Å². The Morgan fingerprint density at radius 3 is 1.07 bits per heavy atom. The summed E-state index contributed by atoms with van der Waals surface area (Å²) in [6, 6.07) is 0. The topological polar surface area (TPSA) is 86.2 Å². The molecule has 0 radical (unpaired) electrons. The molecule has 0 aromatic rings. The molecular weight excluding hydrogens is 274 g/mol. The van der Waals surface area contributed by atoms with Gasteiger partial charge in [0.25, 0.3) is 0 Å². The minimum Gasteiger partial charge on any atom is -0.370 e. The second-order valence-corrected chi connectivity index (χ2v) is 2.14. The standard InChI is InChI=1S/C6H12N2O2.4ClH/c7-5(9)3-1-2-4-6(8)10;;;;/h1-4H2,(H2,7,9)(H2,8,10);4*1H. The Bertz CT molecular complexity index is 130. The van der Waals surface area contributed by atoms with Crippen LogP contribution in [0.4, 0.5) is 0 Å². The highest BCUT2D eigenvalue weighted by Crippen LogP contribution is 1.97. The van der Waals surface area contributed by atoms with Gasteiger partial charge in [0.2, 0.25) is 11.8 Å². The van der Waals surface area contributed by atoms with Gasteiger partial charge in [0.1, 0.15) is 0 Å². The van der Waals surface area contributed by atoms with Crippen molar-refractivity contribution in [3.05, 3.63) is 0 Å². The van der Waals surface area contributed by atoms with Crippen molar-refractivity contribution >= 4 is 61.4 Å². The van der Waals surface area contributed by atoms with E-state index in [1.165, 1.54) is 0 Å². The van der Waals surface area contributed by atoms with E-state index in [9.17, 15) is 9.59 Å². The van der Waals surface area contributed by atoms with E-state index in [0.29, 0.717) is 25.7 Å². The molecule has 0 aliphatic rings. The van der Waals surface area contributed by atoms with Gasteiger partial charge in [-0.1, -0.05) is 0 Å². The summed E-state index contributed by atoms with van der Waals surface area (Å²) < 4.78 is 0. The Kier molecular flexibility index (Phi) is 39.2. The largest absolute Gasteiger partial charge is 0.370 e. The van der Waals surface area contributed by atoms with E-state index in [0.717, 1.165) is 0 Å². The summed E-state index contributed by atoms with van der Waals surface area (Å²) in [5, 5.41) is 0. The Labute approximate surface area is 108 Å². The zero-order chi connectivity index (χ0) is 7.98. The van der Waals surface area contributed by atoms with Crippen molar-refractivity contribution in [3.63, 3.8) is 0 Å². The van der Waals surface area contributed by atoms with Crippen LogP contribution in [-0.4, -0.2) is 11.8 Å². The molecule has 2 amide bonds. The average Bonchev–Trinajstić information content (AvgIpc) is 1.79. The van der Waals surface area contributed by atoms with Crippen LogP contribution >= 0.6 is 49.6 Å². The molecule has 0 rings (SSSR count). The second kappa shape index (κ2) is 18.8. The molecule has 8 heteroatoms. The van der Waals surface area contributed by atoms with Crippen LogP contribution in [0.1, 0.15) is 25.7 Å². The number of amides is 2. The predicted molar refractivity (Wildman–Crippen MR) is 65.8 cm³/mol. The molecule has 4 N–H and O–H groups in total. The molecule has 0 aliphatic carbocycles. The van der Waals surface area contributed by atoms with Gasteiger partial charge in [-0.25, -0.2) is 0 Å². The smallest absolute Gasteiger partial charge is 0.217 e. The second-order valence-electron chi connectivity index (χ2n) is 2.14. The number of unbranched alkanes of at least 4 members (excludes halogenated alkanes) is 1. The third-order valence-electron chi connectivity index (χ3n) is 1.10. The maximum Gasteiger partial charge on any atom is 0.217 e. The maximum absolute atomic E-state index is 10.2. The van der Waals surface area contributed by atoms with Crippen molar-refractivity contribution in [1.29, 1.82) is 0 Å². The van der Waals surface area contributed by atoms with Crippen LogP contribution in [0.3, 0.4) is 0 Å². The quantitative estimate of drug-likeness (QED) is 0.745. The summed E-state index contributed by atoms with van der Waals surface area (Å²) >= 11 is 0. The number of nitrogens with two attached hydrogens (primary N) is 2. The van der Waals surface area contributed by atoms with Crippen LogP contribution in [0.2, 0.25) is 0 Å². The van der Waals surface area contributed by atoms with Crippen LogP contribution in [0, 0.1) is 0 Å². The van der Waals surface area contributed by atoms with Crippen molar-refractivity contribution in [2.45, 2.75) is 25.7 Å². The Morgan fingerprint density at radius 2 is 0.929 bits per heavy atom. The molecule has 0 aliphatic heterocycles. The molecule has 14 heavy (non-hydrogen) atoms. The van der Waals surface area contributed by atoms with Gasteiger partial charge < -0.3 is 11.5 Å². The molecule has 0 aromatic carbocycles. The third-order valence-corrected chi connectivity index (χ3v) is 1.10. The van der Waals surface area contributed by atoms with Gasteiger partial charge in [-0.3, -0.25) is 9.59 Å². The van der Waals surface area contributed by atoms with Gasteiger partial charge in [-0.15, -0.1) is 49.6 Å². The number of carbonyl (C=O) groups excluding carboxylic acids is 2. The number of halogens is 4. The van der Waals surface area contributed by atoms with Crippen molar-refractivity contribution in [1.82, 2.24) is 0 Å². The van der Waals surface area contributed by atoms with Crippen molar-refractivity contribution in [2.24, 2.45) is 11.5 Å². The zero-order valence-electron chi connectivity index (χ0n) is 7.43. The lowest BCUT2D eigenvalue weighted by Crippen LogP contribution is -2.12. The fraction of sp³-hybridized carbons (Fsp3) is 0.667. The maximum atomic E-state index is 10.2. The molecular formula is C6H16Cl4N2O2. The van der Waals surface area contributed by atoms with Crippen LogP contribution in [0.5, 0.6) is 0 Å². The SMILES string of the molecule is Cl.Cl.Cl.Cl.NC(=O)CCCCC(N)=O. The molecule has 0 heterocycles. The number of carbonyl (C=O) groups is 2. The summed E-state index contributed by atoms with van der Waals surface area (Å²) in [6.07, 6.45) is 1.98. The molecule has 0 saturated carbocycles. The molecule has 0 bridgehead atoms. The molecule has 4 nitrogen and oxygen atoms in total. The first-order valence-corrected chi connectivity index (χ1v) is 3.19. The normalized spacial score (nSPS) is 6.57. The van der Waals surface area contributed by atoms with Crippen molar-refractivity contribution in [3.8, 4) is 0 Å². The van der Waals surface area contributed by atoms with E-state index in [1.54, 1.807) is 0 Å². The van der Waals surface area contributed by atoms with E-state index < -0.39 is 0 Å². The molecule has 0 atom stereocenters. The Hall–Kier alpha value is 0.1000. The molecule has 0 saturated heterocycles. The highest BCUT2D eigenvalue weighted by atomic mass is 35.5. The molecule has 0 fully saturated rings. The summed E-state index contributed by atoms with van der Waals surface area (Å²) in [5.41, 5.74) is 9.71. The summed E-state index contributed by atoms with van der Waals surface area (Å²) in [5.74, 6) is -0.658. The summed E-state index contributed by atoms with van der Waals surface area (Å²) in [7, 11) is 0. The molecule has 0 unspecified atom stereocenters. The lowest BCUT2D eigenvalue weighted by Gasteiger charge is -1.93. The lowest BCUT2D eigenvalue weighted by atomic mass is 10.2. The number of hydrogen-bond donors (Lipinski definition) is 2. The third kappa shape index (κ3) is 29.6. The predicted octanol–water partition coefficient (Wildman–Crippen LogP) is 1.20. The number of primary amides is 2. The van der Waals surface area contributed by atoms with Crippen LogP contribution in [0.15, 0.2) is 0 Å². The van der Waals surface area contributed by atoms with E-state index in [-0.39, 0.29) is 61.4 Å². The highest BCUT2D eigenvalue weighted by molar-refractivity contribution is 5.86. The number of rotatable bonds is 5.